The van der Waals surface area contributed by atoms with Crippen LogP contribution >= 0.6 is 24.8 Å². The van der Waals surface area contributed by atoms with Gasteiger partial charge in [0.15, 0.2) is 0 Å². The monoisotopic (exact) mass is 432 g/mol. The van der Waals surface area contributed by atoms with Crippen molar-refractivity contribution in [2.24, 2.45) is 0 Å². The fraction of sp³-hybridized carbons (Fsp3) is 0.333. The van der Waals surface area contributed by atoms with E-state index in [1.54, 1.807) is 5.56 Å². The summed E-state index contributed by atoms with van der Waals surface area (Å²) in [6, 6.07) is 8.98. The van der Waals surface area contributed by atoms with Gasteiger partial charge >= 0.3 is 117 Å². The van der Waals surface area contributed by atoms with Gasteiger partial charge in [-0.3, -0.25) is 0 Å². The SMILES string of the molecule is CC.CC1=CC[C]([Zr]([CH3])([SiH3])[CH]2C=Cc3ccccc32)=C1.Cl.Cl. The molecule has 1 aromatic carbocycles. The summed E-state index contributed by atoms with van der Waals surface area (Å²) in [4.78, 5) is 0. The van der Waals surface area contributed by atoms with E-state index in [1.807, 2.05) is 17.1 Å². The van der Waals surface area contributed by atoms with E-state index in [2.05, 4.69) is 60.1 Å². The molecule has 0 nitrogen and oxygen atoms in total. The van der Waals surface area contributed by atoms with Crippen molar-refractivity contribution >= 4 is 38.3 Å². The summed E-state index contributed by atoms with van der Waals surface area (Å²) < 4.78 is 5.27. The third kappa shape index (κ3) is 4.35. The second kappa shape index (κ2) is 9.42. The number of hydrogen-bond acceptors (Lipinski definition) is 0. The molecule has 22 heavy (non-hydrogen) atoms. The Kier molecular flexibility index (Phi) is 9.48. The second-order valence-corrected chi connectivity index (χ2v) is 29.9. The fourth-order valence-corrected chi connectivity index (χ4v) is 16.2. The molecule has 0 bridgehead atoms. The number of halogens is 2. The Bertz CT molecular complexity index is 589. The average molecular weight is 435 g/mol. The molecule has 0 aliphatic heterocycles. The van der Waals surface area contributed by atoms with Crippen LogP contribution in [0.2, 0.25) is 4.63 Å². The molecular weight excluding hydrogens is 406 g/mol. The van der Waals surface area contributed by atoms with Gasteiger partial charge in [0.2, 0.25) is 0 Å². The van der Waals surface area contributed by atoms with Gasteiger partial charge in [0, 0.05) is 0 Å². The molecular formula is C18H28Cl2SiZr. The Morgan fingerprint density at radius 3 is 2.36 bits per heavy atom. The van der Waals surface area contributed by atoms with Crippen LogP contribution in [-0.2, 0) is 19.4 Å². The molecule has 3 rings (SSSR count). The van der Waals surface area contributed by atoms with Crippen molar-refractivity contribution in [3.8, 4) is 0 Å². The zero-order valence-corrected chi connectivity index (χ0v) is 20.3. The molecule has 4 heteroatoms. The first kappa shape index (κ1) is 22.1. The molecule has 0 saturated heterocycles. The zero-order valence-electron chi connectivity index (χ0n) is 14.2. The van der Waals surface area contributed by atoms with Gasteiger partial charge in [0.25, 0.3) is 0 Å². The van der Waals surface area contributed by atoms with Crippen LogP contribution in [0.4, 0.5) is 0 Å². The number of allylic oxidation sites excluding steroid dienone is 5. The van der Waals surface area contributed by atoms with Crippen molar-refractivity contribution in [1.29, 1.82) is 0 Å². The van der Waals surface area contributed by atoms with Crippen molar-refractivity contribution in [2.75, 3.05) is 0 Å². The molecule has 0 radical (unpaired) electrons. The summed E-state index contributed by atoms with van der Waals surface area (Å²) in [5.41, 5.74) is 4.56. The molecule has 2 unspecified atom stereocenters. The summed E-state index contributed by atoms with van der Waals surface area (Å²) in [6.45, 7) is 6.24. The van der Waals surface area contributed by atoms with Crippen LogP contribution in [0, 0.1) is 0 Å². The van der Waals surface area contributed by atoms with Crippen LogP contribution in [0.3, 0.4) is 0 Å². The van der Waals surface area contributed by atoms with Crippen LogP contribution in [0.1, 0.15) is 41.9 Å². The Morgan fingerprint density at radius 2 is 1.77 bits per heavy atom. The van der Waals surface area contributed by atoms with Crippen molar-refractivity contribution in [3.05, 3.63) is 62.5 Å². The smallest absolute Gasteiger partial charge is 0.147 e. The summed E-state index contributed by atoms with van der Waals surface area (Å²) in [5, 5.41) is 0. The van der Waals surface area contributed by atoms with Gasteiger partial charge < -0.3 is 0 Å². The fourth-order valence-electron chi connectivity index (χ4n) is 3.19. The van der Waals surface area contributed by atoms with Crippen LogP contribution in [0.5, 0.6) is 0 Å². The maximum atomic E-state index is 2.65. The molecule has 0 saturated carbocycles. The number of benzene rings is 1. The van der Waals surface area contributed by atoms with Gasteiger partial charge in [-0.2, -0.15) is 0 Å². The molecule has 0 spiro atoms. The second-order valence-electron chi connectivity index (χ2n) is 6.01. The molecule has 0 amide bonds. The summed E-state index contributed by atoms with van der Waals surface area (Å²) in [5.74, 6) is 0. The number of hydrogen-bond donors (Lipinski definition) is 0. The van der Waals surface area contributed by atoms with Gasteiger partial charge in [-0.15, -0.1) is 24.8 Å². The van der Waals surface area contributed by atoms with E-state index in [-0.39, 0.29) is 24.8 Å². The van der Waals surface area contributed by atoms with E-state index in [9.17, 15) is 0 Å². The maximum absolute atomic E-state index is 2.65. The predicted molar refractivity (Wildman–Crippen MR) is 106 cm³/mol. The minimum Gasteiger partial charge on any atom is -0.147 e. The van der Waals surface area contributed by atoms with Crippen LogP contribution in [0.25, 0.3) is 6.08 Å². The van der Waals surface area contributed by atoms with E-state index in [0.29, 0.717) is 0 Å². The zero-order chi connectivity index (χ0) is 14.8. The van der Waals surface area contributed by atoms with Gasteiger partial charge in [-0.25, -0.2) is 0 Å². The van der Waals surface area contributed by atoms with Crippen LogP contribution in [0.15, 0.2) is 51.3 Å². The summed E-state index contributed by atoms with van der Waals surface area (Å²) >= 11 is -2.10. The number of rotatable bonds is 2. The van der Waals surface area contributed by atoms with E-state index in [0.717, 1.165) is 3.63 Å². The minimum absolute atomic E-state index is 0. The molecule has 2 atom stereocenters. The van der Waals surface area contributed by atoms with Crippen molar-refractivity contribution in [2.45, 2.75) is 35.4 Å². The van der Waals surface area contributed by atoms with E-state index >= 15 is 0 Å². The first-order chi connectivity index (χ1) is 9.59. The molecule has 2 aliphatic rings. The molecule has 0 heterocycles. The summed E-state index contributed by atoms with van der Waals surface area (Å²) in [6.07, 6.45) is 11.0. The average Bonchev–Trinajstić information content (AvgIpc) is 3.07. The first-order valence-corrected chi connectivity index (χ1v) is 21.2. The normalized spacial score (nSPS) is 20.5. The van der Waals surface area contributed by atoms with Gasteiger partial charge in [0.1, 0.15) is 0 Å². The van der Waals surface area contributed by atoms with Gasteiger partial charge in [-0.1, -0.05) is 13.8 Å². The van der Waals surface area contributed by atoms with Crippen molar-refractivity contribution < 1.29 is 19.4 Å². The van der Waals surface area contributed by atoms with E-state index in [1.165, 1.54) is 24.9 Å². The molecule has 2 aliphatic carbocycles. The third-order valence-corrected chi connectivity index (χ3v) is 21.9. The largest absolute Gasteiger partial charge is 0.147 e. The van der Waals surface area contributed by atoms with E-state index in [4.69, 9.17) is 0 Å². The Hall–Kier alpha value is 0.120. The number of fused-ring (bicyclic) bond motifs is 1. The van der Waals surface area contributed by atoms with E-state index < -0.39 is 19.4 Å². The predicted octanol–water partition coefficient (Wildman–Crippen LogP) is 5.34. The Morgan fingerprint density at radius 1 is 1.14 bits per heavy atom. The Balaban J connectivity index is 0.00000106. The van der Waals surface area contributed by atoms with Gasteiger partial charge in [-0.05, 0) is 0 Å². The molecule has 122 valence electrons. The standard InChI is InChI=1S/C9H7.C6H7.C2H6.CH3.2ClH.H3Si.Zr/c1-2-5-9-7-3-6-8(9)4-1;1-6-4-2-3-5-6;1-2;;;;;/h1-7H;4-5H,2H2,1H3;1-2H3;1H3;2*1H;1H3;. The maximum Gasteiger partial charge on any atom is -0.147 e. The minimum atomic E-state index is -2.10. The van der Waals surface area contributed by atoms with Crippen molar-refractivity contribution in [3.63, 3.8) is 0 Å². The van der Waals surface area contributed by atoms with Crippen LogP contribution < -0.4 is 0 Å². The quantitative estimate of drug-likeness (QED) is 0.551. The Labute approximate surface area is 154 Å². The topological polar surface area (TPSA) is 0 Å². The molecule has 0 fully saturated rings. The molecule has 0 aromatic heterocycles. The van der Waals surface area contributed by atoms with Crippen molar-refractivity contribution in [1.82, 2.24) is 0 Å². The molecule has 0 N–H and O–H groups in total. The first-order valence-electron chi connectivity index (χ1n) is 7.74. The third-order valence-electron chi connectivity index (χ3n) is 4.45. The molecule has 1 aromatic rings. The summed E-state index contributed by atoms with van der Waals surface area (Å²) in [7, 11) is 1.40. The van der Waals surface area contributed by atoms with Gasteiger partial charge in [0.05, 0.1) is 0 Å². The van der Waals surface area contributed by atoms with Crippen LogP contribution in [-0.4, -0.2) is 7.37 Å².